The largest absolute Gasteiger partial charge is 0.363 e. The third-order valence-electron chi connectivity index (χ3n) is 3.97. The third kappa shape index (κ3) is 3.07. The van der Waals surface area contributed by atoms with Crippen molar-refractivity contribution in [2.45, 2.75) is 0 Å². The first-order valence-corrected chi connectivity index (χ1v) is 8.41. The average Bonchev–Trinajstić information content (AvgIpc) is 2.47. The topological polar surface area (TPSA) is 52.6 Å². The number of hydrogen-bond donors (Lipinski definition) is 0. The molecule has 0 saturated carbocycles. The van der Waals surface area contributed by atoms with Crippen LogP contribution in [0.4, 0.5) is 11.6 Å². The van der Waals surface area contributed by atoms with E-state index >= 15 is 0 Å². The molecule has 3 heterocycles. The summed E-state index contributed by atoms with van der Waals surface area (Å²) in [4.78, 5) is 27.0. The molecule has 0 atom stereocenters. The summed E-state index contributed by atoms with van der Waals surface area (Å²) < 4.78 is 0. The zero-order valence-corrected chi connectivity index (χ0v) is 13.3. The SMILES string of the molecule is CN(C)c1cc(N2CC(C(=O)N3CCSCC3)C2)ncn1. The monoisotopic (exact) mass is 307 g/mol. The van der Waals surface area contributed by atoms with Gasteiger partial charge in [-0.05, 0) is 0 Å². The Morgan fingerprint density at radius 2 is 2.00 bits per heavy atom. The van der Waals surface area contributed by atoms with Gasteiger partial charge in [-0.15, -0.1) is 0 Å². The quantitative estimate of drug-likeness (QED) is 0.813. The number of hydrogen-bond acceptors (Lipinski definition) is 6. The Bertz CT molecular complexity index is 512. The van der Waals surface area contributed by atoms with Crippen molar-refractivity contribution in [1.82, 2.24) is 14.9 Å². The first-order valence-electron chi connectivity index (χ1n) is 7.26. The maximum absolute atomic E-state index is 12.4. The normalized spacial score (nSPS) is 19.3. The summed E-state index contributed by atoms with van der Waals surface area (Å²) in [6, 6.07) is 1.97. The van der Waals surface area contributed by atoms with Gasteiger partial charge in [0.25, 0.3) is 0 Å². The van der Waals surface area contributed by atoms with E-state index < -0.39 is 0 Å². The van der Waals surface area contributed by atoms with E-state index in [4.69, 9.17) is 0 Å². The van der Waals surface area contributed by atoms with Crippen molar-refractivity contribution in [2.24, 2.45) is 5.92 Å². The van der Waals surface area contributed by atoms with Gasteiger partial charge in [0.05, 0.1) is 5.92 Å². The number of carbonyl (C=O) groups excluding carboxylic acids is 1. The van der Waals surface area contributed by atoms with E-state index in [0.29, 0.717) is 5.91 Å². The van der Waals surface area contributed by atoms with Crippen molar-refractivity contribution in [3.05, 3.63) is 12.4 Å². The standard InChI is InChI=1S/C14H21N5OS/c1-17(2)12-7-13(16-10-15-12)19-8-11(9-19)14(20)18-3-5-21-6-4-18/h7,10-11H,3-6,8-9H2,1-2H3. The summed E-state index contributed by atoms with van der Waals surface area (Å²) in [5.74, 6) is 4.38. The highest BCUT2D eigenvalue weighted by Crippen LogP contribution is 2.26. The molecule has 1 amide bonds. The van der Waals surface area contributed by atoms with E-state index in [1.807, 2.05) is 41.7 Å². The Morgan fingerprint density at radius 3 is 2.67 bits per heavy atom. The van der Waals surface area contributed by atoms with Crippen LogP contribution in [0.5, 0.6) is 0 Å². The smallest absolute Gasteiger partial charge is 0.229 e. The van der Waals surface area contributed by atoms with Crippen LogP contribution in [0.15, 0.2) is 12.4 Å². The number of anilines is 2. The lowest BCUT2D eigenvalue weighted by atomic mass is 9.98. The minimum absolute atomic E-state index is 0.130. The molecule has 7 heteroatoms. The van der Waals surface area contributed by atoms with Crippen LogP contribution in [-0.2, 0) is 4.79 Å². The lowest BCUT2D eigenvalue weighted by molar-refractivity contribution is -0.135. The van der Waals surface area contributed by atoms with E-state index in [9.17, 15) is 4.79 Å². The molecule has 2 aliphatic rings. The molecule has 114 valence electrons. The van der Waals surface area contributed by atoms with Crippen LogP contribution in [0.25, 0.3) is 0 Å². The van der Waals surface area contributed by atoms with Gasteiger partial charge >= 0.3 is 0 Å². The van der Waals surface area contributed by atoms with Crippen molar-refractivity contribution >= 4 is 29.3 Å². The lowest BCUT2D eigenvalue weighted by Gasteiger charge is -2.42. The van der Waals surface area contributed by atoms with Gasteiger partial charge < -0.3 is 14.7 Å². The zero-order chi connectivity index (χ0) is 14.8. The molecule has 2 saturated heterocycles. The second-order valence-corrected chi connectivity index (χ2v) is 6.89. The van der Waals surface area contributed by atoms with Crippen LogP contribution < -0.4 is 9.80 Å². The number of nitrogens with zero attached hydrogens (tertiary/aromatic N) is 5. The first-order chi connectivity index (χ1) is 10.1. The molecule has 2 fully saturated rings. The van der Waals surface area contributed by atoms with E-state index in [1.165, 1.54) is 0 Å². The molecular weight excluding hydrogens is 286 g/mol. The van der Waals surface area contributed by atoms with Gasteiger partial charge in [-0.25, -0.2) is 9.97 Å². The molecule has 0 radical (unpaired) electrons. The van der Waals surface area contributed by atoms with Crippen LogP contribution in [0.1, 0.15) is 0 Å². The van der Waals surface area contributed by atoms with Gasteiger partial charge in [0.2, 0.25) is 5.91 Å². The van der Waals surface area contributed by atoms with Gasteiger partial charge in [0.15, 0.2) is 0 Å². The molecule has 1 aromatic rings. The van der Waals surface area contributed by atoms with E-state index in [2.05, 4.69) is 14.9 Å². The van der Waals surface area contributed by atoms with Crippen molar-refractivity contribution in [2.75, 3.05) is 61.6 Å². The van der Waals surface area contributed by atoms with Crippen LogP contribution in [0.3, 0.4) is 0 Å². The molecule has 0 aromatic carbocycles. The highest BCUT2D eigenvalue weighted by Gasteiger charge is 2.36. The zero-order valence-electron chi connectivity index (χ0n) is 12.5. The lowest BCUT2D eigenvalue weighted by Crippen LogP contribution is -2.56. The third-order valence-corrected chi connectivity index (χ3v) is 4.92. The molecule has 2 aliphatic heterocycles. The Morgan fingerprint density at radius 1 is 1.29 bits per heavy atom. The summed E-state index contributed by atoms with van der Waals surface area (Å²) in [6.07, 6.45) is 1.58. The molecule has 0 aliphatic carbocycles. The van der Waals surface area contributed by atoms with E-state index in [0.717, 1.165) is 49.3 Å². The summed E-state index contributed by atoms with van der Waals surface area (Å²) in [5.41, 5.74) is 0. The fourth-order valence-electron chi connectivity index (χ4n) is 2.62. The van der Waals surface area contributed by atoms with Crippen LogP contribution in [-0.4, -0.2) is 72.6 Å². The van der Waals surface area contributed by atoms with Gasteiger partial charge in [0, 0.05) is 57.8 Å². The van der Waals surface area contributed by atoms with Gasteiger partial charge in [-0.3, -0.25) is 4.79 Å². The van der Waals surface area contributed by atoms with E-state index in [1.54, 1.807) is 6.33 Å². The maximum Gasteiger partial charge on any atom is 0.229 e. The second kappa shape index (κ2) is 6.09. The van der Waals surface area contributed by atoms with Crippen molar-refractivity contribution in [1.29, 1.82) is 0 Å². The van der Waals surface area contributed by atoms with Gasteiger partial charge in [-0.1, -0.05) is 0 Å². The number of amides is 1. The highest BCUT2D eigenvalue weighted by molar-refractivity contribution is 7.99. The van der Waals surface area contributed by atoms with Crippen molar-refractivity contribution in [3.63, 3.8) is 0 Å². The summed E-state index contributed by atoms with van der Waals surface area (Å²) in [7, 11) is 3.92. The number of thioether (sulfide) groups is 1. The summed E-state index contributed by atoms with van der Waals surface area (Å²) >= 11 is 1.93. The number of carbonyl (C=O) groups is 1. The van der Waals surface area contributed by atoms with E-state index in [-0.39, 0.29) is 5.92 Å². The fourth-order valence-corrected chi connectivity index (χ4v) is 3.52. The van der Waals surface area contributed by atoms with Crippen LogP contribution in [0, 0.1) is 5.92 Å². The van der Waals surface area contributed by atoms with Gasteiger partial charge in [-0.2, -0.15) is 11.8 Å². The van der Waals surface area contributed by atoms with Gasteiger partial charge in [0.1, 0.15) is 18.0 Å². The highest BCUT2D eigenvalue weighted by atomic mass is 32.2. The van der Waals surface area contributed by atoms with Crippen LogP contribution in [0.2, 0.25) is 0 Å². The second-order valence-electron chi connectivity index (χ2n) is 5.67. The predicted octanol–water partition coefficient (Wildman–Crippen LogP) is 0.554. The molecule has 1 aromatic heterocycles. The average molecular weight is 307 g/mol. The molecule has 21 heavy (non-hydrogen) atoms. The molecule has 0 spiro atoms. The Balaban J connectivity index is 1.57. The molecule has 0 unspecified atom stereocenters. The Labute approximate surface area is 129 Å². The first kappa shape index (κ1) is 14.4. The molecular formula is C14H21N5OS. The molecule has 0 N–H and O–H groups in total. The predicted molar refractivity (Wildman–Crippen MR) is 86.0 cm³/mol. The maximum atomic E-state index is 12.4. The minimum Gasteiger partial charge on any atom is -0.363 e. The van der Waals surface area contributed by atoms with Crippen molar-refractivity contribution in [3.8, 4) is 0 Å². The summed E-state index contributed by atoms with van der Waals surface area (Å²) in [5, 5.41) is 0. The van der Waals surface area contributed by atoms with Crippen molar-refractivity contribution < 1.29 is 4.79 Å². The Hall–Kier alpha value is -1.50. The number of rotatable bonds is 3. The van der Waals surface area contributed by atoms with Crippen LogP contribution >= 0.6 is 11.8 Å². The molecule has 6 nitrogen and oxygen atoms in total. The fraction of sp³-hybridized carbons (Fsp3) is 0.643. The summed E-state index contributed by atoms with van der Waals surface area (Å²) in [6.45, 7) is 3.34. The molecule has 3 rings (SSSR count). The number of aromatic nitrogens is 2. The molecule has 0 bridgehead atoms. The Kier molecular flexibility index (Phi) is 4.19. The minimum atomic E-state index is 0.130.